The summed E-state index contributed by atoms with van der Waals surface area (Å²) >= 11 is 0. The number of aryl methyl sites for hydroxylation is 2. The normalized spacial score (nSPS) is 20.5. The maximum Gasteiger partial charge on any atom is 0.267 e. The molecule has 13 heteroatoms. The number of sulfonamides is 1. The van der Waals surface area contributed by atoms with E-state index in [0.29, 0.717) is 32.0 Å². The lowest BCUT2D eigenvalue weighted by molar-refractivity contribution is -0.0177. The van der Waals surface area contributed by atoms with E-state index in [1.54, 1.807) is 38.0 Å². The third-order valence-electron chi connectivity index (χ3n) is 8.64. The van der Waals surface area contributed by atoms with E-state index in [1.807, 2.05) is 38.2 Å². The van der Waals surface area contributed by atoms with Crippen molar-refractivity contribution in [2.45, 2.75) is 83.6 Å². The predicted molar refractivity (Wildman–Crippen MR) is 183 cm³/mol. The molecule has 1 aromatic heterocycles. The Labute approximate surface area is 284 Å². The maximum atomic E-state index is 14.4. The molecule has 0 radical (unpaired) electrons. The molecule has 2 heterocycles. The summed E-state index contributed by atoms with van der Waals surface area (Å²) in [6, 6.07) is 12.1. The van der Waals surface area contributed by atoms with E-state index in [9.17, 15) is 18.3 Å². The van der Waals surface area contributed by atoms with Crippen LogP contribution in [0.4, 0.5) is 5.69 Å². The fourth-order valence-electron chi connectivity index (χ4n) is 5.93. The van der Waals surface area contributed by atoms with Crippen LogP contribution >= 0.6 is 0 Å². The monoisotopic (exact) mass is 686 g/mol. The number of benzene rings is 2. The van der Waals surface area contributed by atoms with Gasteiger partial charge < -0.3 is 28.7 Å². The maximum absolute atomic E-state index is 14.4. The van der Waals surface area contributed by atoms with Crippen LogP contribution < -0.4 is 14.2 Å². The zero-order valence-electron chi connectivity index (χ0n) is 29.1. The van der Waals surface area contributed by atoms with Gasteiger partial charge in [0, 0.05) is 37.8 Å². The number of aliphatic hydroxyl groups excluding tert-OH is 1. The van der Waals surface area contributed by atoms with Gasteiger partial charge in [-0.25, -0.2) is 8.42 Å². The van der Waals surface area contributed by atoms with Gasteiger partial charge in [0.05, 0.1) is 37.5 Å². The second kappa shape index (κ2) is 16.6. The second-order valence-corrected chi connectivity index (χ2v) is 14.4. The minimum Gasteiger partial charge on any atom is -0.497 e. The van der Waals surface area contributed by atoms with E-state index in [-0.39, 0.29) is 58.2 Å². The van der Waals surface area contributed by atoms with E-state index in [4.69, 9.17) is 18.7 Å². The quantitative estimate of drug-likeness (QED) is 0.298. The Kier molecular flexibility index (Phi) is 12.9. The Morgan fingerprint density at radius 2 is 1.88 bits per heavy atom. The van der Waals surface area contributed by atoms with Gasteiger partial charge in [-0.05, 0) is 89.9 Å². The van der Waals surface area contributed by atoms with Crippen molar-refractivity contribution in [3.8, 4) is 11.5 Å². The van der Waals surface area contributed by atoms with Crippen LogP contribution in [0.3, 0.4) is 0 Å². The van der Waals surface area contributed by atoms with Gasteiger partial charge in [-0.15, -0.1) is 0 Å². The van der Waals surface area contributed by atoms with Crippen LogP contribution in [0.1, 0.15) is 67.4 Å². The number of likely N-dealkylation sites (N-methyl/N-ethyl adjacent to an activating group) is 1. The summed E-state index contributed by atoms with van der Waals surface area (Å²) in [5, 5.41) is 14.0. The summed E-state index contributed by atoms with van der Waals surface area (Å²) in [4.78, 5) is 18.2. The van der Waals surface area contributed by atoms with Crippen molar-refractivity contribution in [3.05, 3.63) is 65.0 Å². The van der Waals surface area contributed by atoms with Gasteiger partial charge in [0.1, 0.15) is 17.2 Å². The molecule has 48 heavy (non-hydrogen) atoms. The van der Waals surface area contributed by atoms with Gasteiger partial charge in [-0.2, -0.15) is 0 Å². The van der Waals surface area contributed by atoms with Crippen molar-refractivity contribution in [1.82, 2.24) is 15.0 Å². The fraction of sp³-hybridized carbons (Fsp3) is 0.543. The van der Waals surface area contributed by atoms with Crippen LogP contribution in [0.5, 0.6) is 11.5 Å². The number of hydrogen-bond donors (Lipinski definition) is 2. The molecule has 0 saturated heterocycles. The summed E-state index contributed by atoms with van der Waals surface area (Å²) in [5.74, 6) is 0.827. The van der Waals surface area contributed by atoms with Gasteiger partial charge in [0.15, 0.2) is 10.7 Å². The van der Waals surface area contributed by atoms with Crippen LogP contribution in [0.25, 0.3) is 0 Å². The molecule has 2 aromatic carbocycles. The molecule has 1 amide bonds. The van der Waals surface area contributed by atoms with Crippen molar-refractivity contribution < 1.29 is 37.1 Å². The molecule has 4 rings (SSSR count). The Morgan fingerprint density at radius 3 is 2.52 bits per heavy atom. The van der Waals surface area contributed by atoms with Crippen LogP contribution in [0.2, 0.25) is 0 Å². The Balaban J connectivity index is 1.63. The highest BCUT2D eigenvalue weighted by Gasteiger charge is 2.31. The number of aliphatic hydroxyl groups is 1. The largest absolute Gasteiger partial charge is 0.497 e. The van der Waals surface area contributed by atoms with Gasteiger partial charge >= 0.3 is 0 Å². The van der Waals surface area contributed by atoms with Crippen molar-refractivity contribution in [3.63, 3.8) is 0 Å². The summed E-state index contributed by atoms with van der Waals surface area (Å²) in [6.45, 7) is 10.8. The zero-order chi connectivity index (χ0) is 35.0. The molecule has 3 aromatic rings. The number of anilines is 1. The first-order chi connectivity index (χ1) is 22.8. The van der Waals surface area contributed by atoms with Crippen molar-refractivity contribution >= 4 is 21.6 Å². The van der Waals surface area contributed by atoms with Crippen LogP contribution in [-0.2, 0) is 21.3 Å². The van der Waals surface area contributed by atoms with Crippen molar-refractivity contribution in [2.24, 2.45) is 5.92 Å². The average Bonchev–Trinajstić information content (AvgIpc) is 3.40. The Hall–Kier alpha value is -3.65. The van der Waals surface area contributed by atoms with E-state index < -0.39 is 16.1 Å². The average molecular weight is 687 g/mol. The smallest absolute Gasteiger partial charge is 0.267 e. The molecule has 0 aliphatic carbocycles. The standard InChI is InChI=1S/C35H50N4O8S/c1-23-19-39(24(2)22-40)35(41)31-18-29(37-48(42,43)34-26(4)36-47-27(34)5)13-16-32(31)46-25(3)10-8-9-17-45-33(23)21-38(6)20-28-11-14-30(44-7)15-12-28/h11-16,18,23-25,33,37,40H,8-10,17,19-22H2,1-7H3/t23-,24+,25+,33+/m1/s1. The topological polar surface area (TPSA) is 144 Å². The lowest BCUT2D eigenvalue weighted by atomic mass is 10.0. The van der Waals surface area contributed by atoms with Gasteiger partial charge in [-0.1, -0.05) is 24.2 Å². The molecule has 1 aliphatic rings. The summed E-state index contributed by atoms with van der Waals surface area (Å²) < 4.78 is 52.3. The number of carbonyl (C=O) groups is 1. The molecular weight excluding hydrogens is 636 g/mol. The number of amides is 1. The number of methoxy groups -OCH3 is 1. The second-order valence-electron chi connectivity index (χ2n) is 12.8. The Bertz CT molecular complexity index is 1590. The number of ether oxygens (including phenoxy) is 3. The number of carbonyl (C=O) groups excluding carboxylic acids is 1. The number of fused-ring (bicyclic) bond motifs is 1. The molecule has 0 saturated carbocycles. The highest BCUT2D eigenvalue weighted by molar-refractivity contribution is 7.92. The molecular formula is C35H50N4O8S. The molecule has 0 fully saturated rings. The molecule has 0 unspecified atom stereocenters. The summed E-state index contributed by atoms with van der Waals surface area (Å²) in [5.41, 5.74) is 1.75. The highest BCUT2D eigenvalue weighted by atomic mass is 32.2. The van der Waals surface area contributed by atoms with Crippen LogP contribution in [0, 0.1) is 19.8 Å². The van der Waals surface area contributed by atoms with Gasteiger partial charge in [-0.3, -0.25) is 14.4 Å². The Morgan fingerprint density at radius 1 is 1.15 bits per heavy atom. The molecule has 4 atom stereocenters. The van der Waals surface area contributed by atoms with E-state index >= 15 is 0 Å². The zero-order valence-corrected chi connectivity index (χ0v) is 29.9. The van der Waals surface area contributed by atoms with Crippen molar-refractivity contribution in [2.75, 3.05) is 45.2 Å². The highest BCUT2D eigenvalue weighted by Crippen LogP contribution is 2.30. The minimum absolute atomic E-state index is 0.0499. The molecule has 0 spiro atoms. The van der Waals surface area contributed by atoms with E-state index in [1.165, 1.54) is 13.0 Å². The third kappa shape index (κ3) is 9.49. The molecule has 1 aliphatic heterocycles. The van der Waals surface area contributed by atoms with Gasteiger partial charge in [0.25, 0.3) is 15.9 Å². The van der Waals surface area contributed by atoms with E-state index in [2.05, 4.69) is 21.7 Å². The lowest BCUT2D eigenvalue weighted by Crippen LogP contribution is -2.47. The van der Waals surface area contributed by atoms with Crippen LogP contribution in [0.15, 0.2) is 51.9 Å². The lowest BCUT2D eigenvalue weighted by Gasteiger charge is -2.36. The van der Waals surface area contributed by atoms with Crippen LogP contribution in [-0.4, -0.2) is 93.1 Å². The molecule has 264 valence electrons. The van der Waals surface area contributed by atoms with E-state index in [0.717, 1.165) is 30.6 Å². The minimum atomic E-state index is -4.06. The SMILES string of the molecule is COc1ccc(CN(C)C[C@@H]2OCCCC[C@H](C)Oc3ccc(NS(=O)(=O)c4c(C)noc4C)cc3C(=O)N([C@@H](C)CO)C[C@H]2C)cc1. The third-order valence-corrected chi connectivity index (χ3v) is 10.3. The number of hydrogen-bond acceptors (Lipinski definition) is 10. The summed E-state index contributed by atoms with van der Waals surface area (Å²) in [6.07, 6.45) is 2.06. The van der Waals surface area contributed by atoms with Gasteiger partial charge in [0.2, 0.25) is 0 Å². The first-order valence-electron chi connectivity index (χ1n) is 16.4. The number of aromatic nitrogens is 1. The summed E-state index contributed by atoms with van der Waals surface area (Å²) in [7, 11) is -0.369. The number of rotatable bonds is 10. The molecule has 0 bridgehead atoms. The number of nitrogens with one attached hydrogen (secondary N) is 1. The van der Waals surface area contributed by atoms with Crippen molar-refractivity contribution in [1.29, 1.82) is 0 Å². The molecule has 12 nitrogen and oxygen atoms in total. The fourth-order valence-corrected chi connectivity index (χ4v) is 7.31. The predicted octanol–water partition coefficient (Wildman–Crippen LogP) is 5.03. The first-order valence-corrected chi connectivity index (χ1v) is 17.9. The first kappa shape index (κ1) is 37.2. The molecule has 2 N–H and O–H groups in total. The number of nitrogens with zero attached hydrogens (tertiary/aromatic N) is 3.